The molecular formula is C29H30F3N3O4. The molecule has 1 aromatic carbocycles. The van der Waals surface area contributed by atoms with Crippen molar-refractivity contribution in [2.24, 2.45) is 10.8 Å². The van der Waals surface area contributed by atoms with E-state index >= 15 is 0 Å². The molecule has 39 heavy (non-hydrogen) atoms. The van der Waals surface area contributed by atoms with Gasteiger partial charge in [0.2, 0.25) is 5.91 Å². The van der Waals surface area contributed by atoms with E-state index in [9.17, 15) is 27.9 Å². The first-order valence-electron chi connectivity index (χ1n) is 13.4. The van der Waals surface area contributed by atoms with Crippen molar-refractivity contribution in [1.82, 2.24) is 14.5 Å². The Hall–Kier alpha value is -3.56. The maximum Gasteiger partial charge on any atom is 0.573 e. The molecule has 206 valence electrons. The zero-order valence-corrected chi connectivity index (χ0v) is 21.5. The smallest absolute Gasteiger partial charge is 0.481 e. The number of halogens is 3. The summed E-state index contributed by atoms with van der Waals surface area (Å²) >= 11 is 0. The molecule has 1 aliphatic heterocycles. The molecule has 0 saturated heterocycles. The second-order valence-corrected chi connectivity index (χ2v) is 11.4. The molecule has 4 aliphatic rings. The van der Waals surface area contributed by atoms with Gasteiger partial charge in [-0.05, 0) is 85.8 Å². The van der Waals surface area contributed by atoms with Gasteiger partial charge in [0.25, 0.3) is 0 Å². The Labute approximate surface area is 223 Å². The molecule has 1 amide bonds. The number of alkyl halides is 3. The van der Waals surface area contributed by atoms with Crippen LogP contribution in [-0.2, 0) is 29.1 Å². The number of aliphatic carboxylic acids is 1. The minimum Gasteiger partial charge on any atom is -0.481 e. The lowest BCUT2D eigenvalue weighted by molar-refractivity contribution is -0.274. The van der Waals surface area contributed by atoms with Gasteiger partial charge in [-0.25, -0.2) is 4.98 Å². The van der Waals surface area contributed by atoms with E-state index in [1.54, 1.807) is 12.3 Å². The number of aromatic nitrogens is 2. The monoisotopic (exact) mass is 541 g/mol. The van der Waals surface area contributed by atoms with Crippen LogP contribution in [-0.4, -0.2) is 44.3 Å². The van der Waals surface area contributed by atoms with Gasteiger partial charge in [-0.15, -0.1) is 13.2 Å². The number of carboxylic acids is 1. The van der Waals surface area contributed by atoms with Gasteiger partial charge < -0.3 is 19.3 Å². The Morgan fingerprint density at radius 2 is 1.79 bits per heavy atom. The average Bonchev–Trinajstić information content (AvgIpc) is 3.21. The third-order valence-electron chi connectivity index (χ3n) is 9.22. The topological polar surface area (TPSA) is 84.7 Å². The van der Waals surface area contributed by atoms with Crippen LogP contribution in [0.3, 0.4) is 0 Å². The molecule has 3 aromatic rings. The molecule has 2 bridgehead atoms. The maximum atomic E-state index is 13.6. The van der Waals surface area contributed by atoms with Crippen LogP contribution in [0.25, 0.3) is 11.0 Å². The van der Waals surface area contributed by atoms with Gasteiger partial charge >= 0.3 is 12.3 Å². The number of carboxylic acid groups (broad SMARTS) is 1. The van der Waals surface area contributed by atoms with Crippen molar-refractivity contribution in [1.29, 1.82) is 0 Å². The van der Waals surface area contributed by atoms with Gasteiger partial charge in [-0.2, -0.15) is 0 Å². The quantitative estimate of drug-likeness (QED) is 0.434. The van der Waals surface area contributed by atoms with Crippen molar-refractivity contribution in [2.75, 3.05) is 6.54 Å². The number of benzene rings is 1. The molecular weight excluding hydrogens is 511 g/mol. The molecule has 3 fully saturated rings. The lowest BCUT2D eigenvalue weighted by Gasteiger charge is -2.51. The molecule has 10 heteroatoms. The van der Waals surface area contributed by atoms with Crippen molar-refractivity contribution >= 4 is 22.9 Å². The molecule has 0 radical (unpaired) electrons. The maximum absolute atomic E-state index is 13.6. The standard InChI is InChI=1S/C29H30F3N3O4/c30-29(31,32)39-20-4-1-3-19(15-20)17-35-23-18-34(14-6-21(23)22-5-2-13-33-25(22)35)24(36)16-27-7-10-28(11-8-27,12-9-27)26(37)38/h1-5,13,15H,6-12,14,16-18H2,(H,37,38). The summed E-state index contributed by atoms with van der Waals surface area (Å²) in [6.07, 6.45) is 2.23. The summed E-state index contributed by atoms with van der Waals surface area (Å²) in [5.74, 6) is -0.903. The Kier molecular flexibility index (Phi) is 6.11. The summed E-state index contributed by atoms with van der Waals surface area (Å²) in [5, 5.41) is 10.7. The number of ether oxygens (including phenoxy) is 1. The third kappa shape index (κ3) is 4.74. The summed E-state index contributed by atoms with van der Waals surface area (Å²) in [6, 6.07) is 9.79. The van der Waals surface area contributed by atoms with Crippen LogP contribution in [0.4, 0.5) is 13.2 Å². The molecule has 3 aliphatic carbocycles. The van der Waals surface area contributed by atoms with Crippen molar-refractivity contribution in [3.05, 3.63) is 59.4 Å². The van der Waals surface area contributed by atoms with E-state index in [-0.39, 0.29) is 17.1 Å². The highest BCUT2D eigenvalue weighted by molar-refractivity contribution is 5.84. The van der Waals surface area contributed by atoms with Gasteiger partial charge in [0.15, 0.2) is 0 Å². The van der Waals surface area contributed by atoms with E-state index in [0.717, 1.165) is 41.6 Å². The fraction of sp³-hybridized carbons (Fsp3) is 0.483. The SMILES string of the molecule is O=C(CC12CCC(C(=O)O)(CC1)CC2)N1CCc2c(n(Cc3cccc(OC(F)(F)F)c3)c3ncccc23)C1. The van der Waals surface area contributed by atoms with Crippen LogP contribution in [0.15, 0.2) is 42.6 Å². The van der Waals surface area contributed by atoms with Crippen LogP contribution in [0.1, 0.15) is 61.8 Å². The lowest BCUT2D eigenvalue weighted by Crippen LogP contribution is -2.48. The van der Waals surface area contributed by atoms with E-state index in [0.29, 0.717) is 57.3 Å². The molecule has 3 saturated carbocycles. The predicted octanol–water partition coefficient (Wildman–Crippen LogP) is 5.68. The molecule has 7 nitrogen and oxygen atoms in total. The minimum atomic E-state index is -4.77. The second-order valence-electron chi connectivity index (χ2n) is 11.4. The Morgan fingerprint density at radius 3 is 2.49 bits per heavy atom. The largest absolute Gasteiger partial charge is 0.573 e. The lowest BCUT2D eigenvalue weighted by atomic mass is 9.53. The molecule has 3 heterocycles. The number of pyridine rings is 1. The van der Waals surface area contributed by atoms with Crippen LogP contribution in [0, 0.1) is 10.8 Å². The highest BCUT2D eigenvalue weighted by atomic mass is 19.4. The molecule has 0 spiro atoms. The van der Waals surface area contributed by atoms with Crippen LogP contribution >= 0.6 is 0 Å². The van der Waals surface area contributed by atoms with Crippen LogP contribution in [0.5, 0.6) is 5.75 Å². The van der Waals surface area contributed by atoms with E-state index in [1.165, 1.54) is 18.2 Å². The molecule has 1 N–H and O–H groups in total. The number of carbonyl (C=O) groups excluding carboxylic acids is 1. The number of hydrogen-bond donors (Lipinski definition) is 1. The average molecular weight is 542 g/mol. The van der Waals surface area contributed by atoms with Crippen molar-refractivity contribution in [3.63, 3.8) is 0 Å². The Morgan fingerprint density at radius 1 is 1.05 bits per heavy atom. The summed E-state index contributed by atoms with van der Waals surface area (Å²) in [5.41, 5.74) is 2.70. The molecule has 2 aromatic heterocycles. The van der Waals surface area contributed by atoms with Crippen molar-refractivity contribution < 1.29 is 32.6 Å². The van der Waals surface area contributed by atoms with Gasteiger partial charge in [-0.3, -0.25) is 9.59 Å². The van der Waals surface area contributed by atoms with Gasteiger partial charge in [0.05, 0.1) is 12.0 Å². The fourth-order valence-electron chi connectivity index (χ4n) is 6.95. The highest BCUT2D eigenvalue weighted by Crippen LogP contribution is 2.58. The highest BCUT2D eigenvalue weighted by Gasteiger charge is 2.53. The van der Waals surface area contributed by atoms with E-state index in [4.69, 9.17) is 0 Å². The summed E-state index contributed by atoms with van der Waals surface area (Å²) in [7, 11) is 0. The number of fused-ring (bicyclic) bond motifs is 6. The third-order valence-corrected chi connectivity index (χ3v) is 9.22. The van der Waals surface area contributed by atoms with Crippen molar-refractivity contribution in [2.45, 2.75) is 70.8 Å². The number of nitrogens with zero attached hydrogens (tertiary/aromatic N) is 3. The number of amides is 1. The number of carbonyl (C=O) groups is 2. The molecule has 7 rings (SSSR count). The zero-order valence-electron chi connectivity index (χ0n) is 21.5. The number of rotatable bonds is 6. The molecule has 0 atom stereocenters. The van der Waals surface area contributed by atoms with Gasteiger partial charge in [0, 0.05) is 36.8 Å². The first kappa shape index (κ1) is 25.7. The molecule has 0 unspecified atom stereocenters. The first-order chi connectivity index (χ1) is 18.6. The van der Waals surface area contributed by atoms with E-state index in [1.807, 2.05) is 21.6 Å². The predicted molar refractivity (Wildman–Crippen MR) is 136 cm³/mol. The summed E-state index contributed by atoms with van der Waals surface area (Å²) < 4.78 is 44.4. The summed E-state index contributed by atoms with van der Waals surface area (Å²) in [6.45, 7) is 1.28. The Bertz CT molecular complexity index is 1420. The van der Waals surface area contributed by atoms with Crippen molar-refractivity contribution in [3.8, 4) is 5.75 Å². The van der Waals surface area contributed by atoms with Gasteiger partial charge in [0.1, 0.15) is 11.4 Å². The Balaban J connectivity index is 1.24. The van der Waals surface area contributed by atoms with Crippen LogP contribution in [0.2, 0.25) is 0 Å². The second kappa shape index (κ2) is 9.27. The minimum absolute atomic E-state index is 0.0794. The summed E-state index contributed by atoms with van der Waals surface area (Å²) in [4.78, 5) is 31.9. The first-order valence-corrected chi connectivity index (χ1v) is 13.4. The normalized spacial score (nSPS) is 24.5. The van der Waals surface area contributed by atoms with E-state index in [2.05, 4.69) is 9.72 Å². The van der Waals surface area contributed by atoms with Gasteiger partial charge in [-0.1, -0.05) is 12.1 Å². The van der Waals surface area contributed by atoms with E-state index < -0.39 is 17.7 Å². The number of hydrogen-bond acceptors (Lipinski definition) is 4. The fourth-order valence-corrected chi connectivity index (χ4v) is 6.95. The zero-order chi connectivity index (χ0) is 27.4. The van der Waals surface area contributed by atoms with Crippen LogP contribution < -0.4 is 4.74 Å².